The van der Waals surface area contributed by atoms with Crippen LogP contribution in [-0.2, 0) is 30.8 Å². The lowest BCUT2D eigenvalue weighted by Crippen LogP contribution is -2.41. The highest BCUT2D eigenvalue weighted by molar-refractivity contribution is 7.99. The number of amides is 1. The molecule has 7 heteroatoms. The van der Waals surface area contributed by atoms with Crippen molar-refractivity contribution < 1.29 is 9.53 Å². The topological polar surface area (TPSA) is 64.4 Å². The molecule has 1 amide bonds. The maximum absolute atomic E-state index is 13.8. The molecule has 0 atom stereocenters. The lowest BCUT2D eigenvalue weighted by atomic mass is 10.0. The van der Waals surface area contributed by atoms with Crippen LogP contribution in [0.15, 0.2) is 94.9 Å². The average Bonchev–Trinajstić information content (AvgIpc) is 2.99. The summed E-state index contributed by atoms with van der Waals surface area (Å²) in [5.41, 5.74) is 4.61. The zero-order chi connectivity index (χ0) is 28.0. The Morgan fingerprint density at radius 2 is 1.63 bits per heavy atom. The van der Waals surface area contributed by atoms with E-state index in [0.717, 1.165) is 40.7 Å². The summed E-state index contributed by atoms with van der Waals surface area (Å²) in [6, 6.07) is 28.0. The van der Waals surface area contributed by atoms with Crippen LogP contribution in [0.1, 0.15) is 54.5 Å². The number of nitrogens with zero attached hydrogens (tertiary/aromatic N) is 3. The first-order valence-electron chi connectivity index (χ1n) is 14.5. The van der Waals surface area contributed by atoms with Crippen molar-refractivity contribution in [3.05, 3.63) is 118 Å². The molecule has 41 heavy (non-hydrogen) atoms. The van der Waals surface area contributed by atoms with Crippen LogP contribution in [0.4, 0.5) is 0 Å². The van der Waals surface area contributed by atoms with Crippen LogP contribution in [0.2, 0.25) is 0 Å². The van der Waals surface area contributed by atoms with Crippen LogP contribution in [0, 0.1) is 0 Å². The van der Waals surface area contributed by atoms with Crippen LogP contribution in [0.25, 0.3) is 5.69 Å². The van der Waals surface area contributed by atoms with E-state index in [4.69, 9.17) is 9.72 Å². The van der Waals surface area contributed by atoms with Crippen molar-refractivity contribution >= 4 is 17.7 Å². The zero-order valence-electron chi connectivity index (χ0n) is 23.2. The molecule has 0 unspecified atom stereocenters. The van der Waals surface area contributed by atoms with Gasteiger partial charge in [-0.05, 0) is 61.1 Å². The Labute approximate surface area is 245 Å². The second-order valence-electron chi connectivity index (χ2n) is 10.8. The number of carbonyl (C=O) groups excluding carboxylic acids is 1. The highest BCUT2D eigenvalue weighted by atomic mass is 32.2. The normalized spacial score (nSPS) is 14.8. The number of hydrogen-bond donors (Lipinski definition) is 0. The number of aryl methyl sites for hydroxylation is 1. The molecule has 0 bridgehead atoms. The minimum absolute atomic E-state index is 0.0446. The minimum atomic E-state index is -0.0446. The van der Waals surface area contributed by atoms with Gasteiger partial charge in [-0.1, -0.05) is 78.8 Å². The second kappa shape index (κ2) is 12.8. The highest BCUT2D eigenvalue weighted by Gasteiger charge is 2.28. The average molecular weight is 566 g/mol. The molecule has 1 fully saturated rings. The Bertz CT molecular complexity index is 1530. The van der Waals surface area contributed by atoms with Gasteiger partial charge in [-0.2, -0.15) is 0 Å². The number of fused-ring (bicyclic) bond motifs is 1. The SMILES string of the molecule is O=C(CCCc1ccc(COc2ccccc2)cc1)N1CCc2nc(SC3CCC3)n(-c3ccccc3)c(=O)c2C1. The highest BCUT2D eigenvalue weighted by Crippen LogP contribution is 2.36. The van der Waals surface area contributed by atoms with Crippen LogP contribution in [-0.4, -0.2) is 32.2 Å². The smallest absolute Gasteiger partial charge is 0.264 e. The Kier molecular flexibility index (Phi) is 8.52. The molecular weight excluding hydrogens is 530 g/mol. The summed E-state index contributed by atoms with van der Waals surface area (Å²) in [6.45, 7) is 1.47. The largest absolute Gasteiger partial charge is 0.489 e. The lowest BCUT2D eigenvalue weighted by molar-refractivity contribution is -0.132. The Hall–Kier alpha value is -3.84. The van der Waals surface area contributed by atoms with Gasteiger partial charge in [0.2, 0.25) is 5.91 Å². The van der Waals surface area contributed by atoms with Crippen molar-refractivity contribution in [3.63, 3.8) is 0 Å². The minimum Gasteiger partial charge on any atom is -0.489 e. The van der Waals surface area contributed by atoms with Crippen molar-refractivity contribution in [2.45, 2.75) is 68.5 Å². The summed E-state index contributed by atoms with van der Waals surface area (Å²) in [6.07, 6.45) is 6.26. The van der Waals surface area contributed by atoms with Crippen LogP contribution in [0.5, 0.6) is 5.75 Å². The predicted molar refractivity (Wildman–Crippen MR) is 163 cm³/mol. The number of ether oxygens (including phenoxy) is 1. The van der Waals surface area contributed by atoms with Gasteiger partial charge in [-0.25, -0.2) is 4.98 Å². The molecule has 0 spiro atoms. The van der Waals surface area contributed by atoms with Crippen molar-refractivity contribution in [2.75, 3.05) is 6.54 Å². The number of benzene rings is 3. The number of thioether (sulfide) groups is 1. The van der Waals surface area contributed by atoms with E-state index >= 15 is 0 Å². The van der Waals surface area contributed by atoms with Crippen LogP contribution < -0.4 is 10.3 Å². The fourth-order valence-electron chi connectivity index (χ4n) is 5.28. The van der Waals surface area contributed by atoms with Gasteiger partial charge >= 0.3 is 0 Å². The maximum Gasteiger partial charge on any atom is 0.264 e. The van der Waals surface area contributed by atoms with E-state index < -0.39 is 0 Å². The molecule has 1 aromatic heterocycles. The molecule has 2 aliphatic rings. The van der Waals surface area contributed by atoms with Gasteiger partial charge < -0.3 is 9.64 Å². The fraction of sp³-hybridized carbons (Fsp3) is 0.324. The Morgan fingerprint density at radius 3 is 2.34 bits per heavy atom. The molecule has 0 N–H and O–H groups in total. The summed E-state index contributed by atoms with van der Waals surface area (Å²) in [7, 11) is 0. The summed E-state index contributed by atoms with van der Waals surface area (Å²) < 4.78 is 7.58. The molecule has 1 aliphatic heterocycles. The summed E-state index contributed by atoms with van der Waals surface area (Å²) in [5, 5.41) is 1.30. The molecule has 0 saturated heterocycles. The fourth-order valence-corrected chi connectivity index (χ4v) is 6.60. The third kappa shape index (κ3) is 6.57. The molecule has 0 radical (unpaired) electrons. The first-order valence-corrected chi connectivity index (χ1v) is 15.4. The van der Waals surface area contributed by atoms with Crippen LogP contribution in [0.3, 0.4) is 0 Å². The van der Waals surface area contributed by atoms with E-state index in [1.54, 1.807) is 16.3 Å². The van der Waals surface area contributed by atoms with E-state index in [9.17, 15) is 9.59 Å². The summed E-state index contributed by atoms with van der Waals surface area (Å²) in [4.78, 5) is 33.8. The molecule has 6 nitrogen and oxygen atoms in total. The Morgan fingerprint density at radius 1 is 0.927 bits per heavy atom. The van der Waals surface area contributed by atoms with Gasteiger partial charge in [0.1, 0.15) is 12.4 Å². The molecule has 6 rings (SSSR count). The molecule has 3 aromatic carbocycles. The summed E-state index contributed by atoms with van der Waals surface area (Å²) in [5.74, 6) is 0.959. The molecule has 4 aromatic rings. The standard InChI is InChI=1S/C34H35N3O3S/c38-32(16-7-9-25-17-19-26(20-18-25)24-40-28-12-5-2-6-13-28)36-22-21-31-30(23-36)33(39)37(27-10-3-1-4-11-27)34(35-31)41-29-14-8-15-29/h1-6,10-13,17-20,29H,7-9,14-16,21-24H2. The second-order valence-corrected chi connectivity index (χ2v) is 12.1. The number of para-hydroxylation sites is 2. The first kappa shape index (κ1) is 27.3. The van der Waals surface area contributed by atoms with Gasteiger partial charge in [0.05, 0.1) is 23.5 Å². The molecule has 1 saturated carbocycles. The van der Waals surface area contributed by atoms with Gasteiger partial charge in [0, 0.05) is 24.6 Å². The van der Waals surface area contributed by atoms with E-state index in [0.29, 0.717) is 43.4 Å². The van der Waals surface area contributed by atoms with E-state index in [1.807, 2.05) is 65.6 Å². The monoisotopic (exact) mass is 565 g/mol. The van der Waals surface area contributed by atoms with Crippen molar-refractivity contribution in [1.82, 2.24) is 14.5 Å². The van der Waals surface area contributed by atoms with Crippen molar-refractivity contribution in [1.29, 1.82) is 0 Å². The van der Waals surface area contributed by atoms with Crippen LogP contribution >= 0.6 is 11.8 Å². The van der Waals surface area contributed by atoms with Crippen molar-refractivity contribution in [3.8, 4) is 11.4 Å². The van der Waals surface area contributed by atoms with E-state index in [2.05, 4.69) is 24.3 Å². The third-order valence-corrected chi connectivity index (χ3v) is 9.21. The predicted octanol–water partition coefficient (Wildman–Crippen LogP) is 6.36. The van der Waals surface area contributed by atoms with E-state index in [1.165, 1.54) is 24.8 Å². The maximum atomic E-state index is 13.8. The van der Waals surface area contributed by atoms with Gasteiger partial charge in [-0.15, -0.1) is 0 Å². The number of carbonyl (C=O) groups is 1. The van der Waals surface area contributed by atoms with E-state index in [-0.39, 0.29) is 11.5 Å². The molecule has 1 aliphatic carbocycles. The van der Waals surface area contributed by atoms with Gasteiger partial charge in [-0.3, -0.25) is 14.2 Å². The molecular formula is C34H35N3O3S. The van der Waals surface area contributed by atoms with Gasteiger partial charge in [0.15, 0.2) is 5.16 Å². The summed E-state index contributed by atoms with van der Waals surface area (Å²) >= 11 is 1.72. The molecule has 2 heterocycles. The lowest BCUT2D eigenvalue weighted by Gasteiger charge is -2.30. The third-order valence-electron chi connectivity index (χ3n) is 7.92. The number of aromatic nitrogens is 2. The quantitative estimate of drug-likeness (QED) is 0.209. The first-order chi connectivity index (χ1) is 20.1. The molecule has 210 valence electrons. The zero-order valence-corrected chi connectivity index (χ0v) is 24.0. The van der Waals surface area contributed by atoms with Gasteiger partial charge in [0.25, 0.3) is 5.56 Å². The number of rotatable bonds is 10. The number of hydrogen-bond acceptors (Lipinski definition) is 5. The van der Waals surface area contributed by atoms with Crippen molar-refractivity contribution in [2.24, 2.45) is 0 Å². The Balaban J connectivity index is 1.07.